The van der Waals surface area contributed by atoms with E-state index in [1.54, 1.807) is 0 Å². The summed E-state index contributed by atoms with van der Waals surface area (Å²) in [5, 5.41) is 6.43. The third-order valence-electron chi connectivity index (χ3n) is 3.12. The molecule has 1 aliphatic heterocycles. The molecule has 5 nitrogen and oxygen atoms in total. The van der Waals surface area contributed by atoms with Gasteiger partial charge in [0.2, 0.25) is 0 Å². The number of hydrogen-bond donors (Lipinski definition) is 2. The van der Waals surface area contributed by atoms with Gasteiger partial charge < -0.3 is 15.4 Å². The highest BCUT2D eigenvalue weighted by atomic mass is 16.5. The topological polar surface area (TPSA) is 59.1 Å². The molecule has 3 rings (SSSR count). The van der Waals surface area contributed by atoms with Crippen LogP contribution in [0.4, 0.5) is 11.6 Å². The lowest BCUT2D eigenvalue weighted by Gasteiger charge is -2.13. The number of nitrogens with zero attached hydrogens (tertiary/aromatic N) is 2. The van der Waals surface area contributed by atoms with Crippen LogP contribution >= 0.6 is 0 Å². The summed E-state index contributed by atoms with van der Waals surface area (Å²) in [6.07, 6.45) is 0. The molecule has 0 aliphatic carbocycles. The van der Waals surface area contributed by atoms with E-state index in [1.807, 2.05) is 38.2 Å². The minimum absolute atomic E-state index is 0.134. The second kappa shape index (κ2) is 4.76. The summed E-state index contributed by atoms with van der Waals surface area (Å²) < 4.78 is 5.65. The van der Waals surface area contributed by atoms with E-state index >= 15 is 0 Å². The summed E-state index contributed by atoms with van der Waals surface area (Å²) in [5.41, 5.74) is 1.17. The Labute approximate surface area is 112 Å². The first-order valence-corrected chi connectivity index (χ1v) is 6.28. The van der Waals surface area contributed by atoms with E-state index in [0.717, 1.165) is 23.2 Å². The van der Waals surface area contributed by atoms with Gasteiger partial charge in [0.25, 0.3) is 0 Å². The fourth-order valence-electron chi connectivity index (χ4n) is 2.23. The van der Waals surface area contributed by atoms with Crippen molar-refractivity contribution in [1.82, 2.24) is 9.97 Å². The third-order valence-corrected chi connectivity index (χ3v) is 3.12. The molecule has 0 saturated heterocycles. The van der Waals surface area contributed by atoms with E-state index in [4.69, 9.17) is 4.74 Å². The van der Waals surface area contributed by atoms with E-state index in [1.165, 1.54) is 5.56 Å². The molecule has 2 heterocycles. The summed E-state index contributed by atoms with van der Waals surface area (Å²) in [6, 6.07) is 10.1. The molecule has 1 unspecified atom stereocenters. The van der Waals surface area contributed by atoms with Gasteiger partial charge in [-0.2, -0.15) is 0 Å². The van der Waals surface area contributed by atoms with Crippen LogP contribution in [0.5, 0.6) is 5.75 Å². The fraction of sp³-hybridized carbons (Fsp3) is 0.286. The number of rotatable bonds is 3. The van der Waals surface area contributed by atoms with Gasteiger partial charge in [0.05, 0.1) is 6.04 Å². The molecule has 1 atom stereocenters. The number of aromatic nitrogens is 2. The van der Waals surface area contributed by atoms with Crippen molar-refractivity contribution in [2.45, 2.75) is 13.0 Å². The second-order valence-electron chi connectivity index (χ2n) is 4.48. The minimum atomic E-state index is 0.134. The van der Waals surface area contributed by atoms with Crippen molar-refractivity contribution in [3.63, 3.8) is 0 Å². The predicted molar refractivity (Wildman–Crippen MR) is 74.6 cm³/mol. The van der Waals surface area contributed by atoms with Crippen LogP contribution in [-0.4, -0.2) is 23.6 Å². The van der Waals surface area contributed by atoms with E-state index in [0.29, 0.717) is 6.61 Å². The summed E-state index contributed by atoms with van der Waals surface area (Å²) in [5.74, 6) is 3.30. The summed E-state index contributed by atoms with van der Waals surface area (Å²) in [7, 11) is 1.85. The van der Waals surface area contributed by atoms with Crippen molar-refractivity contribution >= 4 is 11.6 Å². The molecule has 1 aromatic carbocycles. The van der Waals surface area contributed by atoms with Gasteiger partial charge in [0.1, 0.15) is 29.8 Å². The van der Waals surface area contributed by atoms with Gasteiger partial charge in [0.15, 0.2) is 0 Å². The van der Waals surface area contributed by atoms with Gasteiger partial charge in [-0.1, -0.05) is 18.2 Å². The average molecular weight is 256 g/mol. The lowest BCUT2D eigenvalue weighted by atomic mass is 10.1. The third kappa shape index (κ3) is 2.31. The van der Waals surface area contributed by atoms with Crippen LogP contribution < -0.4 is 15.4 Å². The molecular formula is C14H16N4O. The Hall–Kier alpha value is -2.30. The van der Waals surface area contributed by atoms with Gasteiger partial charge >= 0.3 is 0 Å². The molecule has 98 valence electrons. The first kappa shape index (κ1) is 11.8. The quantitative estimate of drug-likeness (QED) is 0.883. The number of para-hydroxylation sites is 1. The van der Waals surface area contributed by atoms with Gasteiger partial charge in [-0.3, -0.25) is 0 Å². The molecule has 0 spiro atoms. The van der Waals surface area contributed by atoms with Gasteiger partial charge in [-0.25, -0.2) is 9.97 Å². The maximum absolute atomic E-state index is 5.65. The molecule has 1 aromatic heterocycles. The van der Waals surface area contributed by atoms with Gasteiger partial charge in [0, 0.05) is 18.7 Å². The highest BCUT2D eigenvalue weighted by Crippen LogP contribution is 2.33. The molecule has 0 bridgehead atoms. The van der Waals surface area contributed by atoms with Crippen LogP contribution in [0.25, 0.3) is 0 Å². The zero-order valence-electron chi connectivity index (χ0n) is 11.0. The first-order valence-electron chi connectivity index (χ1n) is 6.28. The number of benzene rings is 1. The summed E-state index contributed by atoms with van der Waals surface area (Å²) >= 11 is 0. The van der Waals surface area contributed by atoms with Crippen molar-refractivity contribution in [2.75, 3.05) is 24.3 Å². The van der Waals surface area contributed by atoms with E-state index in [9.17, 15) is 0 Å². The first-order chi connectivity index (χ1) is 9.26. The van der Waals surface area contributed by atoms with E-state index in [2.05, 4.69) is 26.7 Å². The Morgan fingerprint density at radius 2 is 2.00 bits per heavy atom. The van der Waals surface area contributed by atoms with Crippen LogP contribution in [0, 0.1) is 6.92 Å². The molecule has 1 aliphatic rings. The maximum Gasteiger partial charge on any atom is 0.132 e. The van der Waals surface area contributed by atoms with Crippen molar-refractivity contribution in [3.8, 4) is 5.75 Å². The predicted octanol–water partition coefficient (Wildman–Crippen LogP) is 2.37. The second-order valence-corrected chi connectivity index (χ2v) is 4.48. The van der Waals surface area contributed by atoms with Crippen LogP contribution in [0.2, 0.25) is 0 Å². The van der Waals surface area contributed by atoms with E-state index < -0.39 is 0 Å². The standard InChI is InChI=1S/C14H16N4O/c1-9-16-13(15-2)7-14(17-9)18-11-8-19-12-6-4-3-5-10(11)12/h3-7,11H,8H2,1-2H3,(H2,15,16,17,18). The molecule has 2 aromatic rings. The highest BCUT2D eigenvalue weighted by Gasteiger charge is 2.23. The van der Waals surface area contributed by atoms with Gasteiger partial charge in [-0.15, -0.1) is 0 Å². The van der Waals surface area contributed by atoms with Gasteiger partial charge in [-0.05, 0) is 13.0 Å². The number of anilines is 2. The molecule has 19 heavy (non-hydrogen) atoms. The number of fused-ring (bicyclic) bond motifs is 1. The molecule has 2 N–H and O–H groups in total. The fourth-order valence-corrected chi connectivity index (χ4v) is 2.23. The Bertz CT molecular complexity index is 600. The Kier molecular flexibility index (Phi) is 2.95. The summed E-state index contributed by atoms with van der Waals surface area (Å²) in [6.45, 7) is 2.50. The van der Waals surface area contributed by atoms with Crippen molar-refractivity contribution in [3.05, 3.63) is 41.7 Å². The van der Waals surface area contributed by atoms with Crippen molar-refractivity contribution < 1.29 is 4.74 Å². The highest BCUT2D eigenvalue weighted by molar-refractivity contribution is 5.51. The maximum atomic E-state index is 5.65. The van der Waals surface area contributed by atoms with Crippen LogP contribution in [0.15, 0.2) is 30.3 Å². The molecule has 0 radical (unpaired) electrons. The van der Waals surface area contributed by atoms with E-state index in [-0.39, 0.29) is 6.04 Å². The number of aryl methyl sites for hydroxylation is 1. The molecule has 0 amide bonds. The number of ether oxygens (including phenoxy) is 1. The molecule has 5 heteroatoms. The van der Waals surface area contributed by atoms with Crippen molar-refractivity contribution in [2.24, 2.45) is 0 Å². The Balaban J connectivity index is 1.85. The minimum Gasteiger partial charge on any atom is -0.491 e. The SMILES string of the molecule is CNc1cc(NC2COc3ccccc32)nc(C)n1. The lowest BCUT2D eigenvalue weighted by Crippen LogP contribution is -2.14. The van der Waals surface area contributed by atoms with Crippen LogP contribution in [0.3, 0.4) is 0 Å². The van der Waals surface area contributed by atoms with Crippen LogP contribution in [0.1, 0.15) is 17.4 Å². The Morgan fingerprint density at radius 3 is 2.84 bits per heavy atom. The molecule has 0 fully saturated rings. The largest absolute Gasteiger partial charge is 0.491 e. The van der Waals surface area contributed by atoms with Crippen molar-refractivity contribution in [1.29, 1.82) is 0 Å². The zero-order chi connectivity index (χ0) is 13.2. The lowest BCUT2D eigenvalue weighted by molar-refractivity contribution is 0.339. The Morgan fingerprint density at radius 1 is 1.21 bits per heavy atom. The number of nitrogens with one attached hydrogen (secondary N) is 2. The summed E-state index contributed by atoms with van der Waals surface area (Å²) in [4.78, 5) is 8.68. The smallest absolute Gasteiger partial charge is 0.132 e. The monoisotopic (exact) mass is 256 g/mol. The molecule has 0 saturated carbocycles. The zero-order valence-corrected chi connectivity index (χ0v) is 11.0. The molecular weight excluding hydrogens is 240 g/mol. The average Bonchev–Trinajstić information content (AvgIpc) is 2.82. The number of hydrogen-bond acceptors (Lipinski definition) is 5. The van der Waals surface area contributed by atoms with Crippen LogP contribution in [-0.2, 0) is 0 Å². The normalized spacial score (nSPS) is 16.6.